The maximum Gasteiger partial charge on any atom is 0.264 e. The number of carbonyl (C=O) groups excluding carboxylic acids is 2. The van der Waals surface area contributed by atoms with Gasteiger partial charge in [0, 0.05) is 23.4 Å². The van der Waals surface area contributed by atoms with E-state index in [9.17, 15) is 9.59 Å². The van der Waals surface area contributed by atoms with Crippen LogP contribution in [0.4, 0.5) is 0 Å². The van der Waals surface area contributed by atoms with Gasteiger partial charge >= 0.3 is 0 Å². The molecule has 2 amide bonds. The second-order valence-electron chi connectivity index (χ2n) is 5.10. The van der Waals surface area contributed by atoms with E-state index in [1.165, 1.54) is 11.3 Å². The van der Waals surface area contributed by atoms with E-state index in [0.717, 1.165) is 23.0 Å². The first-order valence-electron chi connectivity index (χ1n) is 6.89. The van der Waals surface area contributed by atoms with Gasteiger partial charge in [-0.25, -0.2) is 0 Å². The summed E-state index contributed by atoms with van der Waals surface area (Å²) in [5.41, 5.74) is 5.63. The molecule has 2 aromatic rings. The number of amides is 2. The van der Waals surface area contributed by atoms with Crippen molar-refractivity contribution in [2.75, 3.05) is 18.1 Å². The van der Waals surface area contributed by atoms with E-state index in [2.05, 4.69) is 0 Å². The number of thioether (sulfide) groups is 1. The average Bonchev–Trinajstić information content (AvgIpc) is 3.15. The van der Waals surface area contributed by atoms with Gasteiger partial charge in [0.25, 0.3) is 5.91 Å². The van der Waals surface area contributed by atoms with Gasteiger partial charge in [-0.3, -0.25) is 9.59 Å². The van der Waals surface area contributed by atoms with Crippen LogP contribution in [0, 0.1) is 6.92 Å². The number of primary amides is 1. The third kappa shape index (κ3) is 2.91. The number of rotatable bonds is 3. The molecule has 3 rings (SSSR count). The van der Waals surface area contributed by atoms with E-state index >= 15 is 0 Å². The molecule has 0 radical (unpaired) electrons. The summed E-state index contributed by atoms with van der Waals surface area (Å²) in [5, 5.41) is 1.63. The number of thiophene rings is 1. The van der Waals surface area contributed by atoms with Crippen LogP contribution in [0.25, 0.3) is 0 Å². The molecule has 0 saturated carbocycles. The lowest BCUT2D eigenvalue weighted by Crippen LogP contribution is -2.40. The third-order valence-corrected chi connectivity index (χ3v) is 5.51. The molecule has 2 aromatic heterocycles. The molecule has 3 heterocycles. The minimum Gasteiger partial charge on any atom is -0.464 e. The molecular weight excluding hydrogens is 320 g/mol. The number of nitrogens with two attached hydrogens (primary N) is 1. The second kappa shape index (κ2) is 6.18. The summed E-state index contributed by atoms with van der Waals surface area (Å²) in [7, 11) is 0. The van der Waals surface area contributed by atoms with E-state index in [1.54, 1.807) is 11.4 Å². The Morgan fingerprint density at radius 1 is 1.41 bits per heavy atom. The van der Waals surface area contributed by atoms with Crippen LogP contribution in [0.5, 0.6) is 0 Å². The zero-order valence-corrected chi connectivity index (χ0v) is 13.7. The first-order chi connectivity index (χ1) is 10.6. The standard InChI is InChI=1S/C15H16N2O3S2/c1-9-2-3-12(20-9)11-8-21-5-4-17(11)15(19)13-6-10(7-22-13)14(16)18/h2-3,6-7,11H,4-5,8H2,1H3,(H2,16,18)/t11-/m1/s1. The van der Waals surface area contributed by atoms with Gasteiger partial charge in [-0.05, 0) is 25.1 Å². The monoisotopic (exact) mass is 336 g/mol. The molecule has 1 atom stereocenters. The predicted octanol–water partition coefficient (Wildman–Crippen LogP) is 2.68. The molecule has 1 aliphatic heterocycles. The van der Waals surface area contributed by atoms with E-state index < -0.39 is 5.91 Å². The summed E-state index contributed by atoms with van der Waals surface area (Å²) in [6.45, 7) is 2.56. The highest BCUT2D eigenvalue weighted by molar-refractivity contribution is 7.99. The molecule has 0 bridgehead atoms. The fraction of sp³-hybridized carbons (Fsp3) is 0.333. The highest BCUT2D eigenvalue weighted by atomic mass is 32.2. The van der Waals surface area contributed by atoms with E-state index in [0.29, 0.717) is 17.0 Å². The predicted molar refractivity (Wildman–Crippen MR) is 87.4 cm³/mol. The molecule has 0 aromatic carbocycles. The summed E-state index contributed by atoms with van der Waals surface area (Å²) in [4.78, 5) is 26.3. The molecule has 1 fully saturated rings. The second-order valence-corrected chi connectivity index (χ2v) is 7.16. The van der Waals surface area contributed by atoms with E-state index in [4.69, 9.17) is 10.2 Å². The normalized spacial score (nSPS) is 18.4. The summed E-state index contributed by atoms with van der Waals surface area (Å²) < 4.78 is 5.70. The first kappa shape index (κ1) is 15.2. The Hall–Kier alpha value is -1.73. The number of carbonyl (C=O) groups is 2. The maximum absolute atomic E-state index is 12.8. The molecule has 5 nitrogen and oxygen atoms in total. The zero-order chi connectivity index (χ0) is 15.7. The lowest BCUT2D eigenvalue weighted by molar-refractivity contribution is 0.0686. The van der Waals surface area contributed by atoms with Gasteiger partial charge in [0.2, 0.25) is 5.91 Å². The molecule has 0 unspecified atom stereocenters. The van der Waals surface area contributed by atoms with Gasteiger partial charge < -0.3 is 15.1 Å². The van der Waals surface area contributed by atoms with Crippen LogP contribution in [-0.2, 0) is 0 Å². The maximum atomic E-state index is 12.8. The lowest BCUT2D eigenvalue weighted by Gasteiger charge is -2.33. The Labute approximate surface area is 136 Å². The minimum absolute atomic E-state index is 0.0703. The molecule has 0 spiro atoms. The number of nitrogens with zero attached hydrogens (tertiary/aromatic N) is 1. The van der Waals surface area contributed by atoms with Crippen LogP contribution in [0.2, 0.25) is 0 Å². The molecule has 22 heavy (non-hydrogen) atoms. The van der Waals surface area contributed by atoms with Crippen LogP contribution in [0.1, 0.15) is 37.6 Å². The van der Waals surface area contributed by atoms with Crippen molar-refractivity contribution < 1.29 is 14.0 Å². The summed E-state index contributed by atoms with van der Waals surface area (Å²) in [6, 6.07) is 5.34. The minimum atomic E-state index is -0.511. The van der Waals surface area contributed by atoms with Gasteiger partial charge in [-0.15, -0.1) is 11.3 Å². The van der Waals surface area contributed by atoms with Gasteiger partial charge in [0.05, 0.1) is 16.5 Å². The lowest BCUT2D eigenvalue weighted by atomic mass is 10.2. The van der Waals surface area contributed by atoms with Crippen molar-refractivity contribution in [2.24, 2.45) is 5.73 Å². The SMILES string of the molecule is Cc1ccc([C@H]2CSCCN2C(=O)c2cc(C(N)=O)cs2)o1. The highest BCUT2D eigenvalue weighted by Crippen LogP contribution is 2.32. The van der Waals surface area contributed by atoms with Gasteiger partial charge in [0.15, 0.2) is 0 Å². The Balaban J connectivity index is 1.86. The smallest absolute Gasteiger partial charge is 0.264 e. The van der Waals surface area contributed by atoms with Crippen LogP contribution in [-0.4, -0.2) is 34.8 Å². The van der Waals surface area contributed by atoms with Crippen molar-refractivity contribution in [1.82, 2.24) is 4.90 Å². The summed E-state index contributed by atoms with van der Waals surface area (Å²) in [6.07, 6.45) is 0. The fourth-order valence-corrected chi connectivity index (χ4v) is 4.35. The van der Waals surface area contributed by atoms with Crippen molar-refractivity contribution in [2.45, 2.75) is 13.0 Å². The summed E-state index contributed by atoms with van der Waals surface area (Å²) >= 11 is 3.06. The highest BCUT2D eigenvalue weighted by Gasteiger charge is 2.31. The molecule has 7 heteroatoms. The number of hydrogen-bond acceptors (Lipinski definition) is 5. The Morgan fingerprint density at radius 3 is 2.86 bits per heavy atom. The van der Waals surface area contributed by atoms with Crippen LogP contribution >= 0.6 is 23.1 Å². The van der Waals surface area contributed by atoms with E-state index in [1.807, 2.05) is 35.7 Å². The van der Waals surface area contributed by atoms with Crippen molar-refractivity contribution >= 4 is 34.9 Å². The van der Waals surface area contributed by atoms with Crippen molar-refractivity contribution in [1.29, 1.82) is 0 Å². The van der Waals surface area contributed by atoms with Crippen LogP contribution < -0.4 is 5.73 Å². The van der Waals surface area contributed by atoms with Gasteiger partial charge in [0.1, 0.15) is 11.5 Å². The van der Waals surface area contributed by atoms with E-state index in [-0.39, 0.29) is 11.9 Å². The number of hydrogen-bond donors (Lipinski definition) is 1. The number of furan rings is 1. The van der Waals surface area contributed by atoms with Crippen molar-refractivity contribution in [3.8, 4) is 0 Å². The molecule has 1 aliphatic rings. The fourth-order valence-electron chi connectivity index (χ4n) is 2.43. The Kier molecular flexibility index (Phi) is 4.26. The Bertz CT molecular complexity index is 707. The molecule has 1 saturated heterocycles. The van der Waals surface area contributed by atoms with Crippen LogP contribution in [0.3, 0.4) is 0 Å². The zero-order valence-electron chi connectivity index (χ0n) is 12.1. The van der Waals surface area contributed by atoms with Crippen LogP contribution in [0.15, 0.2) is 28.0 Å². The topological polar surface area (TPSA) is 76.5 Å². The first-order valence-corrected chi connectivity index (χ1v) is 8.93. The molecular formula is C15H16N2O3S2. The summed E-state index contributed by atoms with van der Waals surface area (Å²) in [5.74, 6) is 2.78. The molecule has 116 valence electrons. The quantitative estimate of drug-likeness (QED) is 0.935. The largest absolute Gasteiger partial charge is 0.464 e. The number of aryl methyl sites for hydroxylation is 1. The van der Waals surface area contributed by atoms with Crippen molar-refractivity contribution in [3.05, 3.63) is 45.5 Å². The van der Waals surface area contributed by atoms with Gasteiger partial charge in [-0.1, -0.05) is 0 Å². The molecule has 0 aliphatic carbocycles. The average molecular weight is 336 g/mol. The molecule has 2 N–H and O–H groups in total. The van der Waals surface area contributed by atoms with Gasteiger partial charge in [-0.2, -0.15) is 11.8 Å². The Morgan fingerprint density at radius 2 is 2.23 bits per heavy atom. The third-order valence-electron chi connectivity index (χ3n) is 3.57. The van der Waals surface area contributed by atoms with Crippen molar-refractivity contribution in [3.63, 3.8) is 0 Å².